The first-order valence-corrected chi connectivity index (χ1v) is 10.5. The number of benzene rings is 2. The van der Waals surface area contributed by atoms with Crippen molar-refractivity contribution in [2.24, 2.45) is 10.2 Å². The van der Waals surface area contributed by atoms with Crippen LogP contribution in [-0.4, -0.2) is 28.3 Å². The predicted octanol–water partition coefficient (Wildman–Crippen LogP) is 6.20. The van der Waals surface area contributed by atoms with E-state index in [4.69, 9.17) is 5.26 Å². The molecular formula is C18H19N5O5S2. The molecular weight excluding hydrogens is 430 g/mol. The van der Waals surface area contributed by atoms with Crippen LogP contribution in [0.25, 0.3) is 10.2 Å². The summed E-state index contributed by atoms with van der Waals surface area (Å²) in [6.45, 7) is 7.45. The van der Waals surface area contributed by atoms with Gasteiger partial charge in [0.25, 0.3) is 5.69 Å². The maximum atomic E-state index is 11.1. The number of aryl methyl sites for hydroxylation is 1. The number of nitro groups is 1. The SMILES string of the molecule is CCN(CC)c1ccc(N=Nc2nc3cc([N+](=O)[O-])c(C)cc3s2)c(SOOO)c1. The van der Waals surface area contributed by atoms with Crippen LogP contribution >= 0.6 is 23.4 Å². The van der Waals surface area contributed by atoms with E-state index in [2.05, 4.69) is 43.3 Å². The van der Waals surface area contributed by atoms with Crippen LogP contribution in [0, 0.1) is 17.0 Å². The van der Waals surface area contributed by atoms with Crippen molar-refractivity contribution in [3.63, 3.8) is 0 Å². The summed E-state index contributed by atoms with van der Waals surface area (Å²) in [6.07, 6.45) is 0. The van der Waals surface area contributed by atoms with Gasteiger partial charge in [0.2, 0.25) is 5.13 Å². The Labute approximate surface area is 180 Å². The molecule has 2 aromatic carbocycles. The van der Waals surface area contributed by atoms with E-state index in [1.165, 1.54) is 17.4 Å². The summed E-state index contributed by atoms with van der Waals surface area (Å²) in [5, 5.41) is 32.1. The van der Waals surface area contributed by atoms with Crippen LogP contribution in [0.5, 0.6) is 0 Å². The molecule has 30 heavy (non-hydrogen) atoms. The number of nitro benzene ring substituents is 1. The third-order valence-corrected chi connectivity index (χ3v) is 5.90. The van der Waals surface area contributed by atoms with Crippen LogP contribution in [0.1, 0.15) is 19.4 Å². The number of azo groups is 1. The molecule has 0 saturated heterocycles. The van der Waals surface area contributed by atoms with Gasteiger partial charge in [-0.25, -0.2) is 10.2 Å². The third kappa shape index (κ3) is 4.91. The molecule has 0 bridgehead atoms. The van der Waals surface area contributed by atoms with Gasteiger partial charge in [-0.05, 0) is 45.0 Å². The Balaban J connectivity index is 1.93. The van der Waals surface area contributed by atoms with Crippen molar-refractivity contribution >= 4 is 55.8 Å². The number of hydrogen-bond donors (Lipinski definition) is 1. The standard InChI is InChI=1S/C18H19N5O5S2/c1-4-22(5-2)12-6-7-13(17(9-12)30-28-27-26)20-21-18-19-14-10-15(23(24)25)11(3)8-16(14)29-18/h6-10,26H,4-5H2,1-3H3. The normalized spacial score (nSPS) is 11.5. The van der Waals surface area contributed by atoms with E-state index < -0.39 is 4.92 Å². The van der Waals surface area contributed by atoms with Gasteiger partial charge < -0.3 is 4.90 Å². The average Bonchev–Trinajstić information content (AvgIpc) is 3.13. The number of fused-ring (bicyclic) bond motifs is 1. The van der Waals surface area contributed by atoms with Gasteiger partial charge in [0.1, 0.15) is 5.69 Å². The number of nitrogens with zero attached hydrogens (tertiary/aromatic N) is 5. The molecule has 0 fully saturated rings. The topological polar surface area (TPSA) is 123 Å². The van der Waals surface area contributed by atoms with E-state index in [-0.39, 0.29) is 5.69 Å². The summed E-state index contributed by atoms with van der Waals surface area (Å²) in [5.74, 6) is 0. The summed E-state index contributed by atoms with van der Waals surface area (Å²) in [4.78, 5) is 17.7. The zero-order valence-electron chi connectivity index (χ0n) is 16.4. The summed E-state index contributed by atoms with van der Waals surface area (Å²) in [5.41, 5.74) is 2.53. The highest BCUT2D eigenvalue weighted by molar-refractivity contribution is 7.94. The molecule has 0 saturated carbocycles. The lowest BCUT2D eigenvalue weighted by Gasteiger charge is -2.21. The number of aromatic nitrogens is 1. The van der Waals surface area contributed by atoms with Gasteiger partial charge in [-0.15, -0.1) is 14.6 Å². The van der Waals surface area contributed by atoms with Crippen LogP contribution in [0.2, 0.25) is 0 Å². The van der Waals surface area contributed by atoms with Gasteiger partial charge in [-0.1, -0.05) is 16.4 Å². The Hall–Kier alpha value is -2.64. The van der Waals surface area contributed by atoms with Gasteiger partial charge in [0, 0.05) is 30.4 Å². The van der Waals surface area contributed by atoms with E-state index in [0.29, 0.717) is 26.8 Å². The molecule has 158 valence electrons. The first-order valence-electron chi connectivity index (χ1n) is 8.97. The molecule has 0 unspecified atom stereocenters. The first kappa shape index (κ1) is 22.1. The monoisotopic (exact) mass is 449 g/mol. The molecule has 0 aliphatic heterocycles. The molecule has 0 spiro atoms. The molecule has 1 N–H and O–H groups in total. The first-order chi connectivity index (χ1) is 14.5. The minimum Gasteiger partial charge on any atom is -0.372 e. The second-order valence-electron chi connectivity index (χ2n) is 6.11. The number of anilines is 1. The molecule has 1 aromatic heterocycles. The molecule has 0 aliphatic rings. The van der Waals surface area contributed by atoms with Crippen LogP contribution in [-0.2, 0) is 9.37 Å². The second-order valence-corrected chi connectivity index (χ2v) is 7.86. The van der Waals surface area contributed by atoms with Gasteiger partial charge in [0.05, 0.1) is 32.1 Å². The van der Waals surface area contributed by atoms with E-state index >= 15 is 0 Å². The van der Waals surface area contributed by atoms with Crippen molar-refractivity contribution in [2.45, 2.75) is 25.7 Å². The molecule has 12 heteroatoms. The minimum atomic E-state index is -0.431. The number of hydrogen-bond acceptors (Lipinski definition) is 11. The van der Waals surface area contributed by atoms with Gasteiger partial charge in [0.15, 0.2) is 0 Å². The summed E-state index contributed by atoms with van der Waals surface area (Å²) in [7, 11) is 0. The Kier molecular flexibility index (Phi) is 7.29. The van der Waals surface area contributed by atoms with Crippen molar-refractivity contribution in [1.82, 2.24) is 4.98 Å². The fourth-order valence-electron chi connectivity index (χ4n) is 2.88. The maximum absolute atomic E-state index is 11.1. The zero-order valence-corrected chi connectivity index (χ0v) is 18.1. The van der Waals surface area contributed by atoms with Crippen molar-refractivity contribution in [1.29, 1.82) is 0 Å². The molecule has 0 atom stereocenters. The van der Waals surface area contributed by atoms with E-state index in [0.717, 1.165) is 35.5 Å². The molecule has 1 heterocycles. The van der Waals surface area contributed by atoms with Gasteiger partial charge in [-0.2, -0.15) is 0 Å². The van der Waals surface area contributed by atoms with E-state index in [1.54, 1.807) is 19.1 Å². The molecule has 10 nitrogen and oxygen atoms in total. The van der Waals surface area contributed by atoms with Gasteiger partial charge >= 0.3 is 0 Å². The number of rotatable bonds is 9. The smallest absolute Gasteiger partial charge is 0.274 e. The lowest BCUT2D eigenvalue weighted by atomic mass is 10.2. The van der Waals surface area contributed by atoms with Crippen LogP contribution in [0.15, 0.2) is 45.5 Å². The largest absolute Gasteiger partial charge is 0.372 e. The van der Waals surface area contributed by atoms with E-state index in [1.807, 2.05) is 12.1 Å². The maximum Gasteiger partial charge on any atom is 0.274 e. The Bertz CT molecular complexity index is 1080. The van der Waals surface area contributed by atoms with Crippen molar-refractivity contribution < 1.29 is 19.6 Å². The highest BCUT2D eigenvalue weighted by Gasteiger charge is 2.15. The fourth-order valence-corrected chi connectivity index (χ4v) is 4.21. The molecule has 0 radical (unpaired) electrons. The van der Waals surface area contributed by atoms with Gasteiger partial charge in [-0.3, -0.25) is 10.1 Å². The highest BCUT2D eigenvalue weighted by Crippen LogP contribution is 2.37. The summed E-state index contributed by atoms with van der Waals surface area (Å²) < 4.78 is 5.37. The Morgan fingerprint density at radius 1 is 1.27 bits per heavy atom. The number of thiazole rings is 1. The molecule has 3 rings (SSSR count). The van der Waals surface area contributed by atoms with Crippen molar-refractivity contribution in [3.8, 4) is 0 Å². The van der Waals surface area contributed by atoms with Crippen molar-refractivity contribution in [3.05, 3.63) is 46.0 Å². The molecule has 0 aliphatic carbocycles. The Morgan fingerprint density at radius 2 is 2.03 bits per heavy atom. The Morgan fingerprint density at radius 3 is 2.70 bits per heavy atom. The highest BCUT2D eigenvalue weighted by atomic mass is 32.2. The molecule has 0 amide bonds. The van der Waals surface area contributed by atoms with Crippen LogP contribution in [0.4, 0.5) is 22.2 Å². The second kappa shape index (κ2) is 9.91. The average molecular weight is 450 g/mol. The summed E-state index contributed by atoms with van der Waals surface area (Å²) >= 11 is 2.09. The third-order valence-electron chi connectivity index (χ3n) is 4.36. The quantitative estimate of drug-likeness (QED) is 0.135. The van der Waals surface area contributed by atoms with Crippen LogP contribution < -0.4 is 4.90 Å². The van der Waals surface area contributed by atoms with Crippen molar-refractivity contribution in [2.75, 3.05) is 18.0 Å². The zero-order chi connectivity index (χ0) is 21.7. The summed E-state index contributed by atoms with van der Waals surface area (Å²) in [6, 6.07) is 8.71. The van der Waals surface area contributed by atoms with E-state index in [9.17, 15) is 10.1 Å². The lowest BCUT2D eigenvalue weighted by Crippen LogP contribution is -2.21. The minimum absolute atomic E-state index is 0.0168. The van der Waals surface area contributed by atoms with Crippen LogP contribution in [0.3, 0.4) is 0 Å². The fraction of sp³-hybridized carbons (Fsp3) is 0.278. The predicted molar refractivity (Wildman–Crippen MR) is 116 cm³/mol. The molecule has 3 aromatic rings. The lowest BCUT2D eigenvalue weighted by molar-refractivity contribution is -0.432.